The van der Waals surface area contributed by atoms with E-state index in [1.54, 1.807) is 55.5 Å². The van der Waals surface area contributed by atoms with Gasteiger partial charge in [-0.25, -0.2) is 9.59 Å². The topological polar surface area (TPSA) is 103 Å². The lowest BCUT2D eigenvalue weighted by Gasteiger charge is -2.17. The van der Waals surface area contributed by atoms with Gasteiger partial charge in [-0.2, -0.15) is 0 Å². The van der Waals surface area contributed by atoms with Crippen molar-refractivity contribution in [2.75, 3.05) is 5.32 Å². The summed E-state index contributed by atoms with van der Waals surface area (Å²) in [6.45, 7) is 2.25. The van der Waals surface area contributed by atoms with Crippen molar-refractivity contribution < 1.29 is 14.6 Å². The lowest BCUT2D eigenvalue weighted by atomic mass is 10.2. The van der Waals surface area contributed by atoms with E-state index in [2.05, 4.69) is 5.32 Å². The predicted octanol–water partition coefficient (Wildman–Crippen LogP) is 4.97. The van der Waals surface area contributed by atoms with Crippen LogP contribution < -0.4 is 21.3 Å². The second-order valence-electron chi connectivity index (χ2n) is 7.69. The van der Waals surface area contributed by atoms with E-state index in [9.17, 15) is 14.4 Å². The van der Waals surface area contributed by atoms with E-state index in [4.69, 9.17) is 21.4 Å². The second-order valence-corrected chi connectivity index (χ2v) is 8.13. The van der Waals surface area contributed by atoms with Gasteiger partial charge in [0.1, 0.15) is 17.3 Å². The largest absolute Gasteiger partial charge is 0.478 e. The van der Waals surface area contributed by atoms with Gasteiger partial charge in [-0.1, -0.05) is 29.8 Å². The van der Waals surface area contributed by atoms with Crippen LogP contribution in [0.1, 0.15) is 22.8 Å². The molecule has 35 heavy (non-hydrogen) atoms. The van der Waals surface area contributed by atoms with E-state index in [1.165, 1.54) is 27.3 Å². The van der Waals surface area contributed by atoms with Crippen molar-refractivity contribution in [3.05, 3.63) is 116 Å². The molecule has 0 fully saturated rings. The number of ether oxygens (including phenoxy) is 1. The Morgan fingerprint density at radius 1 is 0.943 bits per heavy atom. The molecule has 178 valence electrons. The van der Waals surface area contributed by atoms with Crippen molar-refractivity contribution in [3.8, 4) is 11.5 Å². The Balaban J connectivity index is 1.60. The van der Waals surface area contributed by atoms with Crippen molar-refractivity contribution >= 4 is 29.1 Å². The highest BCUT2D eigenvalue weighted by molar-refractivity contribution is 6.30. The summed E-state index contributed by atoms with van der Waals surface area (Å²) in [6.07, 6.45) is 0. The number of nitrogens with zero attached hydrogens (tertiary/aromatic N) is 2. The molecule has 0 atom stereocenters. The summed E-state index contributed by atoms with van der Waals surface area (Å²) in [5.41, 5.74) is 0.797. The maximum absolute atomic E-state index is 13.0. The van der Waals surface area contributed by atoms with Gasteiger partial charge < -0.3 is 15.2 Å². The van der Waals surface area contributed by atoms with Gasteiger partial charge in [0.25, 0.3) is 5.56 Å². The van der Waals surface area contributed by atoms with Crippen molar-refractivity contribution in [3.63, 3.8) is 0 Å². The molecule has 4 rings (SSSR count). The minimum absolute atomic E-state index is 0.126. The van der Waals surface area contributed by atoms with Gasteiger partial charge in [-0.3, -0.25) is 13.9 Å². The number of anilines is 2. The molecule has 0 saturated carbocycles. The highest BCUT2D eigenvalue weighted by Crippen LogP contribution is 2.25. The number of hydrogen-bond donors (Lipinski definition) is 2. The molecule has 0 radical (unpaired) electrons. The molecule has 1 heterocycles. The Kier molecular flexibility index (Phi) is 7.03. The number of rotatable bonds is 8. The Morgan fingerprint density at radius 2 is 1.66 bits per heavy atom. The van der Waals surface area contributed by atoms with Gasteiger partial charge in [0.05, 0.1) is 12.1 Å². The number of aromatic nitrogens is 2. The summed E-state index contributed by atoms with van der Waals surface area (Å²) < 4.78 is 8.41. The molecule has 8 nitrogen and oxygen atoms in total. The highest BCUT2D eigenvalue weighted by Gasteiger charge is 2.12. The van der Waals surface area contributed by atoms with Crippen LogP contribution >= 0.6 is 11.6 Å². The van der Waals surface area contributed by atoms with Crippen LogP contribution in [-0.2, 0) is 13.1 Å². The first-order valence-electron chi connectivity index (χ1n) is 10.8. The molecule has 1 aromatic heterocycles. The molecule has 9 heteroatoms. The van der Waals surface area contributed by atoms with E-state index in [-0.39, 0.29) is 18.7 Å². The number of aromatic carboxylic acids is 1. The molecule has 2 N–H and O–H groups in total. The number of carboxylic acid groups (broad SMARTS) is 1. The number of nitrogens with one attached hydrogen (secondary N) is 1. The van der Waals surface area contributed by atoms with Crippen molar-refractivity contribution in [1.29, 1.82) is 0 Å². The number of carbonyl (C=O) groups is 1. The molecule has 0 spiro atoms. The van der Waals surface area contributed by atoms with Gasteiger partial charge in [0.15, 0.2) is 0 Å². The van der Waals surface area contributed by atoms with E-state index < -0.39 is 17.2 Å². The summed E-state index contributed by atoms with van der Waals surface area (Å²) >= 11 is 5.98. The highest BCUT2D eigenvalue weighted by atomic mass is 35.5. The molecular formula is C26H22ClN3O5. The molecular weight excluding hydrogens is 470 g/mol. The zero-order chi connectivity index (χ0) is 24.9. The van der Waals surface area contributed by atoms with Gasteiger partial charge in [-0.05, 0) is 67.1 Å². The fraction of sp³-hybridized carbons (Fsp3) is 0.115. The Morgan fingerprint density at radius 3 is 2.31 bits per heavy atom. The quantitative estimate of drug-likeness (QED) is 0.361. The zero-order valence-corrected chi connectivity index (χ0v) is 19.5. The van der Waals surface area contributed by atoms with Crippen LogP contribution in [0.4, 0.5) is 11.5 Å². The van der Waals surface area contributed by atoms with Gasteiger partial charge in [0.2, 0.25) is 0 Å². The summed E-state index contributed by atoms with van der Waals surface area (Å²) in [5, 5.41) is 12.9. The normalized spacial score (nSPS) is 10.7. The third-order valence-electron chi connectivity index (χ3n) is 5.29. The van der Waals surface area contributed by atoms with E-state index in [0.717, 1.165) is 5.56 Å². The van der Waals surface area contributed by atoms with E-state index >= 15 is 0 Å². The lowest BCUT2D eigenvalue weighted by molar-refractivity contribution is 0.0696. The number of carboxylic acids is 1. The Bertz CT molecular complexity index is 1480. The van der Waals surface area contributed by atoms with Crippen LogP contribution in [0.5, 0.6) is 11.5 Å². The van der Waals surface area contributed by atoms with Crippen molar-refractivity contribution in [1.82, 2.24) is 9.13 Å². The average Bonchev–Trinajstić information content (AvgIpc) is 2.84. The van der Waals surface area contributed by atoms with Crippen LogP contribution in [0.15, 0.2) is 88.5 Å². The lowest BCUT2D eigenvalue weighted by Crippen LogP contribution is -2.40. The standard InChI is InChI=1S/C26H22ClN3O5/c1-2-29-24(31)15-23(30(26(29)34)16-17-6-8-19(27)9-7-17)28-20-10-12-21(13-11-20)35-22-5-3-4-18(14-22)25(32)33/h3-15,28H,2,16H2,1H3,(H,32,33). The Hall–Kier alpha value is -4.30. The van der Waals surface area contributed by atoms with Crippen molar-refractivity contribution in [2.45, 2.75) is 20.0 Å². The first kappa shape index (κ1) is 23.8. The summed E-state index contributed by atoms with van der Waals surface area (Å²) in [7, 11) is 0. The summed E-state index contributed by atoms with van der Waals surface area (Å²) in [4.78, 5) is 36.7. The fourth-order valence-electron chi connectivity index (χ4n) is 3.52. The monoisotopic (exact) mass is 491 g/mol. The second kappa shape index (κ2) is 10.3. The van der Waals surface area contributed by atoms with E-state index in [1.807, 2.05) is 12.1 Å². The van der Waals surface area contributed by atoms with Crippen LogP contribution in [-0.4, -0.2) is 20.2 Å². The predicted molar refractivity (Wildman–Crippen MR) is 134 cm³/mol. The summed E-state index contributed by atoms with van der Waals surface area (Å²) in [5.74, 6) is 0.204. The van der Waals surface area contributed by atoms with Crippen LogP contribution in [0, 0.1) is 0 Å². The number of hydrogen-bond acceptors (Lipinski definition) is 5. The molecule has 0 unspecified atom stereocenters. The smallest absolute Gasteiger partial charge is 0.335 e. The van der Waals surface area contributed by atoms with Crippen LogP contribution in [0.2, 0.25) is 5.02 Å². The van der Waals surface area contributed by atoms with Crippen LogP contribution in [0.25, 0.3) is 0 Å². The molecule has 0 saturated heterocycles. The first-order chi connectivity index (χ1) is 16.8. The molecule has 0 aliphatic rings. The Labute approximate surface area is 205 Å². The van der Waals surface area contributed by atoms with Gasteiger partial charge in [0, 0.05) is 23.3 Å². The van der Waals surface area contributed by atoms with E-state index in [0.29, 0.717) is 28.0 Å². The SMILES string of the molecule is CCn1c(=O)cc(Nc2ccc(Oc3cccc(C(=O)O)c3)cc2)n(Cc2ccc(Cl)cc2)c1=O. The third kappa shape index (κ3) is 5.62. The van der Waals surface area contributed by atoms with Gasteiger partial charge in [-0.15, -0.1) is 0 Å². The molecule has 0 aliphatic heterocycles. The summed E-state index contributed by atoms with van der Waals surface area (Å²) in [6, 6.07) is 21.6. The average molecular weight is 492 g/mol. The fourth-order valence-corrected chi connectivity index (χ4v) is 3.64. The minimum atomic E-state index is -1.04. The maximum Gasteiger partial charge on any atom is 0.335 e. The number of halogens is 1. The first-order valence-corrected chi connectivity index (χ1v) is 11.2. The number of benzene rings is 3. The molecule has 3 aromatic carbocycles. The minimum Gasteiger partial charge on any atom is -0.478 e. The molecule has 0 amide bonds. The maximum atomic E-state index is 13.0. The van der Waals surface area contributed by atoms with Crippen LogP contribution in [0.3, 0.4) is 0 Å². The molecule has 0 bridgehead atoms. The molecule has 0 aliphatic carbocycles. The van der Waals surface area contributed by atoms with Crippen molar-refractivity contribution in [2.24, 2.45) is 0 Å². The third-order valence-corrected chi connectivity index (χ3v) is 5.54. The molecule has 4 aromatic rings. The zero-order valence-electron chi connectivity index (χ0n) is 18.8. The van der Waals surface area contributed by atoms with Gasteiger partial charge >= 0.3 is 11.7 Å².